The Morgan fingerprint density at radius 2 is 2.06 bits per heavy atom. The minimum atomic E-state index is -0.363. The lowest BCUT2D eigenvalue weighted by molar-refractivity contribution is -0.118. The van der Waals surface area contributed by atoms with E-state index in [0.717, 1.165) is 18.5 Å². The van der Waals surface area contributed by atoms with E-state index in [4.69, 9.17) is 5.73 Å². The van der Waals surface area contributed by atoms with Crippen LogP contribution in [0.25, 0.3) is 0 Å². The molecular formula is C12H17FN2O. The minimum Gasteiger partial charge on any atom is -0.370 e. The molecule has 0 aliphatic carbocycles. The predicted octanol–water partition coefficient (Wildman–Crippen LogP) is 1.74. The van der Waals surface area contributed by atoms with E-state index in [1.54, 1.807) is 12.1 Å². The SMILES string of the molecule is CCCNC(CC(N)=O)c1ccc(F)cc1. The second-order valence-electron chi connectivity index (χ2n) is 3.73. The molecule has 0 saturated carbocycles. The molecule has 1 amide bonds. The van der Waals surface area contributed by atoms with E-state index in [0.29, 0.717) is 0 Å². The van der Waals surface area contributed by atoms with Crippen molar-refractivity contribution >= 4 is 5.91 Å². The monoisotopic (exact) mass is 224 g/mol. The van der Waals surface area contributed by atoms with Crippen molar-refractivity contribution in [1.29, 1.82) is 0 Å². The van der Waals surface area contributed by atoms with E-state index in [-0.39, 0.29) is 24.2 Å². The van der Waals surface area contributed by atoms with Crippen LogP contribution < -0.4 is 11.1 Å². The number of carbonyl (C=O) groups excluding carboxylic acids is 1. The van der Waals surface area contributed by atoms with Crippen molar-refractivity contribution in [1.82, 2.24) is 5.32 Å². The molecule has 0 fully saturated rings. The van der Waals surface area contributed by atoms with Crippen LogP contribution >= 0.6 is 0 Å². The molecule has 1 atom stereocenters. The first-order valence-corrected chi connectivity index (χ1v) is 5.40. The number of hydrogen-bond acceptors (Lipinski definition) is 2. The zero-order chi connectivity index (χ0) is 12.0. The number of benzene rings is 1. The third kappa shape index (κ3) is 3.98. The van der Waals surface area contributed by atoms with Gasteiger partial charge in [0, 0.05) is 12.5 Å². The number of rotatable bonds is 6. The number of amides is 1. The average Bonchev–Trinajstić information content (AvgIpc) is 2.25. The predicted molar refractivity (Wildman–Crippen MR) is 61.2 cm³/mol. The molecule has 1 unspecified atom stereocenters. The fourth-order valence-electron chi connectivity index (χ4n) is 1.52. The van der Waals surface area contributed by atoms with Gasteiger partial charge in [0.15, 0.2) is 0 Å². The molecule has 3 nitrogen and oxygen atoms in total. The van der Waals surface area contributed by atoms with Crippen molar-refractivity contribution in [2.75, 3.05) is 6.54 Å². The molecule has 0 aromatic heterocycles. The molecule has 0 aliphatic rings. The van der Waals surface area contributed by atoms with Gasteiger partial charge in [-0.15, -0.1) is 0 Å². The van der Waals surface area contributed by atoms with Crippen LogP contribution in [0.1, 0.15) is 31.4 Å². The Morgan fingerprint density at radius 1 is 1.44 bits per heavy atom. The number of carbonyl (C=O) groups is 1. The highest BCUT2D eigenvalue weighted by Gasteiger charge is 2.13. The number of hydrogen-bond donors (Lipinski definition) is 2. The van der Waals surface area contributed by atoms with Gasteiger partial charge in [0.25, 0.3) is 0 Å². The summed E-state index contributed by atoms with van der Waals surface area (Å²) in [4.78, 5) is 10.9. The lowest BCUT2D eigenvalue weighted by Gasteiger charge is -2.17. The van der Waals surface area contributed by atoms with Crippen molar-refractivity contribution in [3.05, 3.63) is 35.6 Å². The highest BCUT2D eigenvalue weighted by Crippen LogP contribution is 2.16. The Labute approximate surface area is 94.8 Å². The molecule has 0 bridgehead atoms. The van der Waals surface area contributed by atoms with E-state index in [9.17, 15) is 9.18 Å². The molecule has 1 aromatic rings. The van der Waals surface area contributed by atoms with Crippen LogP contribution in [0.2, 0.25) is 0 Å². The van der Waals surface area contributed by atoms with Gasteiger partial charge in [-0.3, -0.25) is 4.79 Å². The van der Waals surface area contributed by atoms with Gasteiger partial charge in [-0.1, -0.05) is 19.1 Å². The summed E-state index contributed by atoms with van der Waals surface area (Å²) in [5.74, 6) is -0.644. The standard InChI is InChI=1S/C12H17FN2O/c1-2-7-15-11(8-12(14)16)9-3-5-10(13)6-4-9/h3-6,11,15H,2,7-8H2,1H3,(H2,14,16). The normalized spacial score (nSPS) is 12.4. The Hall–Kier alpha value is -1.42. The summed E-state index contributed by atoms with van der Waals surface area (Å²) in [6.45, 7) is 2.84. The van der Waals surface area contributed by atoms with Crippen molar-refractivity contribution < 1.29 is 9.18 Å². The first kappa shape index (κ1) is 12.6. The molecule has 0 aliphatic heterocycles. The summed E-state index contributed by atoms with van der Waals surface area (Å²) in [6, 6.07) is 5.99. The van der Waals surface area contributed by atoms with Crippen LogP contribution in [-0.2, 0) is 4.79 Å². The second kappa shape index (κ2) is 6.23. The van der Waals surface area contributed by atoms with Crippen LogP contribution in [0.15, 0.2) is 24.3 Å². The summed E-state index contributed by atoms with van der Waals surface area (Å²) in [7, 11) is 0. The zero-order valence-electron chi connectivity index (χ0n) is 9.37. The third-order valence-corrected chi connectivity index (χ3v) is 2.32. The summed E-state index contributed by atoms with van der Waals surface area (Å²) >= 11 is 0. The smallest absolute Gasteiger partial charge is 0.219 e. The van der Waals surface area contributed by atoms with Gasteiger partial charge in [0.2, 0.25) is 5.91 Å². The van der Waals surface area contributed by atoms with Gasteiger partial charge in [-0.25, -0.2) is 4.39 Å². The van der Waals surface area contributed by atoms with Crippen molar-refractivity contribution in [3.8, 4) is 0 Å². The molecule has 0 heterocycles. The van der Waals surface area contributed by atoms with Gasteiger partial charge < -0.3 is 11.1 Å². The lowest BCUT2D eigenvalue weighted by Crippen LogP contribution is -2.27. The Morgan fingerprint density at radius 3 is 2.56 bits per heavy atom. The molecule has 0 saturated heterocycles. The van der Waals surface area contributed by atoms with Gasteiger partial charge in [0.05, 0.1) is 0 Å². The molecule has 0 radical (unpaired) electrons. The zero-order valence-corrected chi connectivity index (χ0v) is 9.37. The third-order valence-electron chi connectivity index (χ3n) is 2.32. The average molecular weight is 224 g/mol. The topological polar surface area (TPSA) is 55.1 Å². The molecular weight excluding hydrogens is 207 g/mol. The Balaban J connectivity index is 2.74. The number of nitrogens with one attached hydrogen (secondary N) is 1. The number of primary amides is 1. The van der Waals surface area contributed by atoms with E-state index >= 15 is 0 Å². The van der Waals surface area contributed by atoms with E-state index in [1.165, 1.54) is 12.1 Å². The highest BCUT2D eigenvalue weighted by molar-refractivity contribution is 5.74. The highest BCUT2D eigenvalue weighted by atomic mass is 19.1. The van der Waals surface area contributed by atoms with Crippen molar-refractivity contribution in [3.63, 3.8) is 0 Å². The fraction of sp³-hybridized carbons (Fsp3) is 0.417. The summed E-state index contributed by atoms with van der Waals surface area (Å²) in [6.07, 6.45) is 1.20. The minimum absolute atomic E-state index is 0.127. The van der Waals surface area contributed by atoms with E-state index in [2.05, 4.69) is 5.32 Å². The molecule has 3 N–H and O–H groups in total. The molecule has 88 valence electrons. The quantitative estimate of drug-likeness (QED) is 0.773. The molecule has 4 heteroatoms. The summed E-state index contributed by atoms with van der Waals surface area (Å²) in [5.41, 5.74) is 6.06. The van der Waals surface area contributed by atoms with E-state index < -0.39 is 0 Å². The van der Waals surface area contributed by atoms with Crippen LogP contribution in [0.3, 0.4) is 0 Å². The Kier molecular flexibility index (Phi) is 4.92. The first-order valence-electron chi connectivity index (χ1n) is 5.40. The van der Waals surface area contributed by atoms with Gasteiger partial charge in [-0.05, 0) is 30.7 Å². The van der Waals surface area contributed by atoms with Crippen LogP contribution in [0.5, 0.6) is 0 Å². The van der Waals surface area contributed by atoms with Crippen molar-refractivity contribution in [2.45, 2.75) is 25.8 Å². The van der Waals surface area contributed by atoms with Gasteiger partial charge in [0.1, 0.15) is 5.82 Å². The summed E-state index contributed by atoms with van der Waals surface area (Å²) in [5, 5.41) is 3.21. The molecule has 1 aromatic carbocycles. The van der Waals surface area contributed by atoms with Gasteiger partial charge >= 0.3 is 0 Å². The maximum atomic E-state index is 12.8. The largest absolute Gasteiger partial charge is 0.370 e. The van der Waals surface area contributed by atoms with E-state index in [1.807, 2.05) is 6.92 Å². The number of nitrogens with two attached hydrogens (primary N) is 1. The molecule has 1 rings (SSSR count). The molecule has 16 heavy (non-hydrogen) atoms. The number of halogens is 1. The van der Waals surface area contributed by atoms with Crippen LogP contribution in [0.4, 0.5) is 4.39 Å². The lowest BCUT2D eigenvalue weighted by atomic mass is 10.0. The second-order valence-corrected chi connectivity index (χ2v) is 3.73. The summed E-state index contributed by atoms with van der Waals surface area (Å²) < 4.78 is 12.8. The maximum Gasteiger partial charge on any atom is 0.219 e. The molecule has 0 spiro atoms. The fourth-order valence-corrected chi connectivity index (χ4v) is 1.52. The van der Waals surface area contributed by atoms with Crippen LogP contribution in [0, 0.1) is 5.82 Å². The van der Waals surface area contributed by atoms with Crippen molar-refractivity contribution in [2.24, 2.45) is 5.73 Å². The van der Waals surface area contributed by atoms with Gasteiger partial charge in [-0.2, -0.15) is 0 Å². The maximum absolute atomic E-state index is 12.8. The van der Waals surface area contributed by atoms with Crippen LogP contribution in [-0.4, -0.2) is 12.5 Å². The first-order chi connectivity index (χ1) is 7.63. The Bertz CT molecular complexity index is 337.